The van der Waals surface area contributed by atoms with Gasteiger partial charge >= 0.3 is 5.97 Å². The normalized spacial score (nSPS) is 13.8. The molecule has 8 heteroatoms. The summed E-state index contributed by atoms with van der Waals surface area (Å²) in [6.45, 7) is 5.79. The van der Waals surface area contributed by atoms with Gasteiger partial charge in [0.2, 0.25) is 0 Å². The van der Waals surface area contributed by atoms with Gasteiger partial charge in [0, 0.05) is 18.5 Å². The van der Waals surface area contributed by atoms with Crippen molar-refractivity contribution in [1.29, 1.82) is 5.26 Å². The van der Waals surface area contributed by atoms with Crippen LogP contribution in [-0.4, -0.2) is 56.8 Å². The van der Waals surface area contributed by atoms with Crippen LogP contribution in [0.4, 0.5) is 0 Å². The van der Waals surface area contributed by atoms with Gasteiger partial charge in [0.05, 0.1) is 20.3 Å². The molecule has 0 unspecified atom stereocenters. The van der Waals surface area contributed by atoms with Crippen molar-refractivity contribution in [2.24, 2.45) is 0 Å². The van der Waals surface area contributed by atoms with Crippen LogP contribution in [0.1, 0.15) is 30.5 Å². The maximum Gasteiger partial charge on any atom is 0.349 e. The minimum atomic E-state index is -0.601. The van der Waals surface area contributed by atoms with Gasteiger partial charge in [-0.1, -0.05) is 62.4 Å². The van der Waals surface area contributed by atoms with Crippen molar-refractivity contribution in [3.8, 4) is 23.3 Å². The number of morpholine rings is 1. The maximum absolute atomic E-state index is 12.7. The molecule has 1 aliphatic rings. The molecule has 0 bridgehead atoms. The zero-order valence-corrected chi connectivity index (χ0v) is 22.9. The third-order valence-corrected chi connectivity index (χ3v) is 6.80. The highest BCUT2D eigenvalue weighted by molar-refractivity contribution is 6.01. The van der Waals surface area contributed by atoms with E-state index in [0.29, 0.717) is 37.6 Å². The van der Waals surface area contributed by atoms with Gasteiger partial charge in [0.15, 0.2) is 18.1 Å². The zero-order chi connectivity index (χ0) is 28.5. The van der Waals surface area contributed by atoms with Crippen molar-refractivity contribution in [3.05, 3.63) is 95.1 Å². The van der Waals surface area contributed by atoms with Crippen LogP contribution in [0.3, 0.4) is 0 Å². The van der Waals surface area contributed by atoms with Crippen LogP contribution in [0, 0.1) is 11.3 Å². The molecule has 0 aromatic heterocycles. The van der Waals surface area contributed by atoms with Crippen molar-refractivity contribution < 1.29 is 28.5 Å². The highest BCUT2D eigenvalue weighted by Crippen LogP contribution is 2.32. The number of methoxy groups -OCH3 is 1. The monoisotopic (exact) mass is 540 g/mol. The number of esters is 1. The molecule has 0 radical (unpaired) electrons. The van der Waals surface area contributed by atoms with E-state index in [1.807, 2.05) is 48.5 Å². The van der Waals surface area contributed by atoms with E-state index < -0.39 is 5.97 Å². The van der Waals surface area contributed by atoms with Crippen molar-refractivity contribution >= 4 is 18.0 Å². The first kappa shape index (κ1) is 28.4. The Morgan fingerprint density at radius 1 is 0.975 bits per heavy atom. The number of benzene rings is 3. The molecule has 1 heterocycles. The number of amides is 1. The topological polar surface area (TPSA) is 98.1 Å². The van der Waals surface area contributed by atoms with Gasteiger partial charge in [0.1, 0.15) is 17.4 Å². The third-order valence-electron chi connectivity index (χ3n) is 6.80. The average Bonchev–Trinajstić information content (AvgIpc) is 3.00. The van der Waals surface area contributed by atoms with E-state index in [-0.39, 0.29) is 35.0 Å². The van der Waals surface area contributed by atoms with E-state index in [1.165, 1.54) is 18.7 Å². The molecule has 40 heavy (non-hydrogen) atoms. The predicted octanol–water partition coefficient (Wildman–Crippen LogP) is 4.77. The third kappa shape index (κ3) is 6.87. The summed E-state index contributed by atoms with van der Waals surface area (Å²) in [5, 5.41) is 9.54. The Balaban J connectivity index is 1.37. The van der Waals surface area contributed by atoms with Gasteiger partial charge in [-0.25, -0.2) is 4.79 Å². The molecular weight excluding hydrogens is 508 g/mol. The second kappa shape index (κ2) is 13.0. The number of rotatable bonds is 9. The number of hydrogen-bond acceptors (Lipinski definition) is 7. The average molecular weight is 541 g/mol. The molecule has 1 amide bonds. The van der Waals surface area contributed by atoms with E-state index in [2.05, 4.69) is 26.0 Å². The molecule has 1 saturated heterocycles. The van der Waals surface area contributed by atoms with Crippen molar-refractivity contribution in [3.63, 3.8) is 0 Å². The molecule has 3 aromatic rings. The van der Waals surface area contributed by atoms with Gasteiger partial charge in [-0.15, -0.1) is 0 Å². The standard InChI is InChI=1S/C32H32N2O6/c1-32(2,25-7-5-4-6-8-25)26-10-12-27(13-11-26)39-22-30(35)40-28-14-9-23(20-29(28)37-3)19-24(21-33)31(36)34-15-17-38-18-16-34/h4-14,19-20H,15-18,22H2,1-3H3/b24-19+. The molecular formula is C32H32N2O6. The molecule has 3 aromatic carbocycles. The molecule has 1 aliphatic heterocycles. The first-order chi connectivity index (χ1) is 19.3. The predicted molar refractivity (Wildman–Crippen MR) is 150 cm³/mol. The lowest BCUT2D eigenvalue weighted by molar-refractivity contribution is -0.136. The van der Waals surface area contributed by atoms with Gasteiger partial charge in [-0.2, -0.15) is 5.26 Å². The Morgan fingerprint density at radius 2 is 1.65 bits per heavy atom. The van der Waals surface area contributed by atoms with Crippen LogP contribution in [0.15, 0.2) is 78.4 Å². The Labute approximate surface area is 234 Å². The van der Waals surface area contributed by atoms with E-state index in [1.54, 1.807) is 23.1 Å². The molecule has 0 N–H and O–H groups in total. The summed E-state index contributed by atoms with van der Waals surface area (Å²) in [5.41, 5.74) is 2.71. The lowest BCUT2D eigenvalue weighted by Crippen LogP contribution is -2.41. The summed E-state index contributed by atoms with van der Waals surface area (Å²) in [5.74, 6) is 0.0764. The maximum atomic E-state index is 12.7. The molecule has 0 spiro atoms. The van der Waals surface area contributed by atoms with Crippen molar-refractivity contribution in [2.45, 2.75) is 19.3 Å². The van der Waals surface area contributed by atoms with E-state index in [4.69, 9.17) is 18.9 Å². The van der Waals surface area contributed by atoms with E-state index in [9.17, 15) is 14.9 Å². The van der Waals surface area contributed by atoms with Gasteiger partial charge in [0.25, 0.3) is 5.91 Å². The van der Waals surface area contributed by atoms with Gasteiger partial charge in [-0.3, -0.25) is 4.79 Å². The minimum Gasteiger partial charge on any atom is -0.493 e. The number of nitriles is 1. The van der Waals surface area contributed by atoms with Crippen LogP contribution in [0.2, 0.25) is 0 Å². The summed E-state index contributed by atoms with van der Waals surface area (Å²) in [4.78, 5) is 26.8. The van der Waals surface area contributed by atoms with Crippen LogP contribution in [-0.2, 0) is 19.7 Å². The first-order valence-corrected chi connectivity index (χ1v) is 13.0. The zero-order valence-electron chi connectivity index (χ0n) is 22.9. The number of carbonyl (C=O) groups is 2. The summed E-state index contributed by atoms with van der Waals surface area (Å²) in [6, 6.07) is 24.7. The molecule has 8 nitrogen and oxygen atoms in total. The molecule has 1 fully saturated rings. The Hall–Kier alpha value is -4.61. The van der Waals surface area contributed by atoms with Crippen molar-refractivity contribution in [1.82, 2.24) is 4.90 Å². The molecule has 4 rings (SSSR count). The van der Waals surface area contributed by atoms with E-state index >= 15 is 0 Å². The van der Waals surface area contributed by atoms with Crippen molar-refractivity contribution in [2.75, 3.05) is 40.0 Å². The molecule has 0 aliphatic carbocycles. The fourth-order valence-corrected chi connectivity index (χ4v) is 4.39. The quantitative estimate of drug-likeness (QED) is 0.167. The largest absolute Gasteiger partial charge is 0.493 e. The second-order valence-corrected chi connectivity index (χ2v) is 9.76. The fraction of sp³-hybridized carbons (Fsp3) is 0.281. The summed E-state index contributed by atoms with van der Waals surface area (Å²) < 4.78 is 21.8. The van der Waals surface area contributed by atoms with Crippen LogP contribution in [0.25, 0.3) is 6.08 Å². The fourth-order valence-electron chi connectivity index (χ4n) is 4.39. The van der Waals surface area contributed by atoms with Crippen LogP contribution in [0.5, 0.6) is 17.2 Å². The smallest absolute Gasteiger partial charge is 0.349 e. The van der Waals surface area contributed by atoms with Crippen LogP contribution < -0.4 is 14.2 Å². The second-order valence-electron chi connectivity index (χ2n) is 9.76. The summed E-state index contributed by atoms with van der Waals surface area (Å²) in [7, 11) is 1.44. The van der Waals surface area contributed by atoms with Crippen LogP contribution >= 0.6 is 0 Å². The highest BCUT2D eigenvalue weighted by atomic mass is 16.6. The minimum absolute atomic E-state index is 0.000252. The number of carbonyl (C=O) groups excluding carboxylic acids is 2. The molecule has 206 valence electrons. The van der Waals surface area contributed by atoms with E-state index in [0.717, 1.165) is 5.56 Å². The number of nitrogens with zero attached hydrogens (tertiary/aromatic N) is 2. The highest BCUT2D eigenvalue weighted by Gasteiger charge is 2.23. The Kier molecular flexibility index (Phi) is 9.20. The number of ether oxygens (including phenoxy) is 4. The molecule has 0 atom stereocenters. The number of hydrogen-bond donors (Lipinski definition) is 0. The summed E-state index contributed by atoms with van der Waals surface area (Å²) in [6.07, 6.45) is 1.48. The lowest BCUT2D eigenvalue weighted by Gasteiger charge is -2.26. The first-order valence-electron chi connectivity index (χ1n) is 13.0. The Morgan fingerprint density at radius 3 is 2.30 bits per heavy atom. The lowest BCUT2D eigenvalue weighted by atomic mass is 9.78. The Bertz CT molecular complexity index is 1400. The molecule has 0 saturated carbocycles. The SMILES string of the molecule is COc1cc(/C=C(\C#N)C(=O)N2CCOCC2)ccc1OC(=O)COc1ccc(C(C)(C)c2ccccc2)cc1. The summed E-state index contributed by atoms with van der Waals surface area (Å²) >= 11 is 0. The van der Waals surface area contributed by atoms with Gasteiger partial charge < -0.3 is 23.8 Å². The van der Waals surface area contributed by atoms with Gasteiger partial charge in [-0.05, 0) is 47.0 Å².